The van der Waals surface area contributed by atoms with Gasteiger partial charge >= 0.3 is 0 Å². The number of hydrogen-bond donors (Lipinski definition) is 0. The lowest BCUT2D eigenvalue weighted by molar-refractivity contribution is -0.139. The number of carbonyl (C=O) groups excluding carboxylic acids is 2. The minimum absolute atomic E-state index is 0.0213. The van der Waals surface area contributed by atoms with Crippen molar-refractivity contribution in [2.45, 2.75) is 26.3 Å². The predicted molar refractivity (Wildman–Crippen MR) is 128 cm³/mol. The lowest BCUT2D eigenvalue weighted by Gasteiger charge is -2.40. The summed E-state index contributed by atoms with van der Waals surface area (Å²) in [4.78, 5) is 34.9. The number of rotatable bonds is 7. The van der Waals surface area contributed by atoms with E-state index >= 15 is 0 Å². The van der Waals surface area contributed by atoms with Crippen LogP contribution in [-0.4, -0.2) is 58.9 Å². The van der Waals surface area contributed by atoms with Gasteiger partial charge in [0.2, 0.25) is 5.91 Å². The van der Waals surface area contributed by atoms with Gasteiger partial charge in [0.25, 0.3) is 5.91 Å². The highest BCUT2D eigenvalue weighted by Crippen LogP contribution is 2.28. The summed E-state index contributed by atoms with van der Waals surface area (Å²) in [5.74, 6) is 0.351. The molecule has 0 unspecified atom stereocenters. The predicted octanol–water partition coefficient (Wildman–Crippen LogP) is 4.06. The van der Waals surface area contributed by atoms with E-state index in [0.29, 0.717) is 44.0 Å². The first kappa shape index (κ1) is 22.5. The molecule has 1 aliphatic heterocycles. The molecule has 1 aliphatic rings. The first-order chi connectivity index (χ1) is 16.1. The molecule has 1 aromatic heterocycles. The molecule has 1 atom stereocenters. The molecule has 2 amide bonds. The second-order valence-corrected chi connectivity index (χ2v) is 7.96. The van der Waals surface area contributed by atoms with Crippen LogP contribution in [0.3, 0.4) is 0 Å². The number of para-hydroxylation sites is 1. The second-order valence-electron chi connectivity index (χ2n) is 7.96. The quantitative estimate of drug-likeness (QED) is 0.552. The summed E-state index contributed by atoms with van der Waals surface area (Å²) in [6.45, 7) is 5.96. The number of pyridine rings is 1. The van der Waals surface area contributed by atoms with Crippen molar-refractivity contribution in [1.82, 2.24) is 14.8 Å². The Balaban J connectivity index is 1.70. The fourth-order valence-corrected chi connectivity index (χ4v) is 4.38. The van der Waals surface area contributed by atoms with Crippen LogP contribution < -0.4 is 4.74 Å². The van der Waals surface area contributed by atoms with Gasteiger partial charge in [-0.05, 0) is 43.2 Å². The Labute approximate surface area is 194 Å². The Morgan fingerprint density at radius 1 is 1.03 bits per heavy atom. The molecule has 6 heteroatoms. The summed E-state index contributed by atoms with van der Waals surface area (Å²) < 4.78 is 5.70. The Morgan fingerprint density at radius 2 is 1.82 bits per heavy atom. The minimum Gasteiger partial charge on any atom is -0.493 e. The third-order valence-electron chi connectivity index (χ3n) is 6.05. The summed E-state index contributed by atoms with van der Waals surface area (Å²) in [5, 5.41) is 0. The van der Waals surface area contributed by atoms with E-state index in [1.54, 1.807) is 23.2 Å². The zero-order valence-corrected chi connectivity index (χ0v) is 19.1. The van der Waals surface area contributed by atoms with Gasteiger partial charge in [0.05, 0.1) is 12.2 Å². The number of benzene rings is 2. The second kappa shape index (κ2) is 10.3. The molecule has 1 saturated heterocycles. The van der Waals surface area contributed by atoms with E-state index in [1.165, 1.54) is 0 Å². The lowest BCUT2D eigenvalue weighted by atomic mass is 9.93. The molecule has 2 heterocycles. The Bertz CT molecular complexity index is 1120. The Hall–Kier alpha value is -3.67. The fraction of sp³-hybridized carbons (Fsp3) is 0.296. The van der Waals surface area contributed by atoms with Gasteiger partial charge in [0, 0.05) is 44.0 Å². The smallest absolute Gasteiger partial charge is 0.258 e. The molecular weight excluding hydrogens is 414 g/mol. The van der Waals surface area contributed by atoms with Crippen LogP contribution in [0.2, 0.25) is 0 Å². The SMILES string of the molecule is CCOc1ccccc1C(=O)N1CCN(CC)C(=O)[C@H]1Cc1ccccc1-c1cccnc1. The summed E-state index contributed by atoms with van der Waals surface area (Å²) >= 11 is 0. The van der Waals surface area contributed by atoms with E-state index in [1.807, 2.05) is 73.5 Å². The average molecular weight is 444 g/mol. The number of nitrogens with zero attached hydrogens (tertiary/aromatic N) is 3. The largest absolute Gasteiger partial charge is 0.493 e. The van der Waals surface area contributed by atoms with Crippen LogP contribution in [0.15, 0.2) is 73.1 Å². The third kappa shape index (κ3) is 4.75. The zero-order chi connectivity index (χ0) is 23.2. The van der Waals surface area contributed by atoms with Crippen LogP contribution in [0.25, 0.3) is 11.1 Å². The molecule has 0 radical (unpaired) electrons. The summed E-state index contributed by atoms with van der Waals surface area (Å²) in [6, 6.07) is 18.6. The first-order valence-corrected chi connectivity index (χ1v) is 11.4. The van der Waals surface area contributed by atoms with Gasteiger partial charge in [-0.3, -0.25) is 14.6 Å². The van der Waals surface area contributed by atoms with Gasteiger partial charge in [-0.1, -0.05) is 42.5 Å². The molecule has 0 spiro atoms. The van der Waals surface area contributed by atoms with Crippen LogP contribution >= 0.6 is 0 Å². The van der Waals surface area contributed by atoms with Crippen LogP contribution in [0.1, 0.15) is 29.8 Å². The number of piperazine rings is 1. The van der Waals surface area contributed by atoms with Crippen LogP contribution in [0, 0.1) is 0 Å². The summed E-state index contributed by atoms with van der Waals surface area (Å²) in [5.41, 5.74) is 3.51. The van der Waals surface area contributed by atoms with E-state index < -0.39 is 6.04 Å². The van der Waals surface area contributed by atoms with Crippen molar-refractivity contribution in [2.24, 2.45) is 0 Å². The fourth-order valence-electron chi connectivity index (χ4n) is 4.38. The number of ether oxygens (including phenoxy) is 1. The molecule has 1 fully saturated rings. The van der Waals surface area contributed by atoms with Crippen molar-refractivity contribution in [3.63, 3.8) is 0 Å². The van der Waals surface area contributed by atoms with E-state index in [0.717, 1.165) is 16.7 Å². The number of likely N-dealkylation sites (N-methyl/N-ethyl adjacent to an activating group) is 1. The molecule has 33 heavy (non-hydrogen) atoms. The lowest BCUT2D eigenvalue weighted by Crippen LogP contribution is -2.59. The average Bonchev–Trinajstić information content (AvgIpc) is 2.86. The highest BCUT2D eigenvalue weighted by molar-refractivity contribution is 6.00. The highest BCUT2D eigenvalue weighted by Gasteiger charge is 2.38. The Kier molecular flexibility index (Phi) is 7.03. The maximum atomic E-state index is 13.7. The van der Waals surface area contributed by atoms with E-state index in [-0.39, 0.29) is 11.8 Å². The van der Waals surface area contributed by atoms with Crippen LogP contribution in [-0.2, 0) is 11.2 Å². The van der Waals surface area contributed by atoms with Crippen molar-refractivity contribution >= 4 is 11.8 Å². The van der Waals surface area contributed by atoms with Gasteiger partial charge in [-0.2, -0.15) is 0 Å². The number of carbonyl (C=O) groups is 2. The third-order valence-corrected chi connectivity index (χ3v) is 6.05. The molecule has 170 valence electrons. The molecule has 4 rings (SSSR count). The van der Waals surface area contributed by atoms with Crippen LogP contribution in [0.4, 0.5) is 0 Å². The summed E-state index contributed by atoms with van der Waals surface area (Å²) in [7, 11) is 0. The Morgan fingerprint density at radius 3 is 2.58 bits per heavy atom. The van der Waals surface area contributed by atoms with Gasteiger partial charge in [-0.15, -0.1) is 0 Å². The van der Waals surface area contributed by atoms with Gasteiger partial charge < -0.3 is 14.5 Å². The van der Waals surface area contributed by atoms with Gasteiger partial charge in [0.15, 0.2) is 0 Å². The molecule has 0 N–H and O–H groups in total. The standard InChI is InChI=1S/C27H29N3O3/c1-3-29-16-17-30(26(31)23-13-7-8-14-25(23)33-4-2)24(27(29)32)18-20-10-5-6-12-22(20)21-11-9-15-28-19-21/h5-15,19,24H,3-4,16-18H2,1-2H3/t24-/m1/s1. The topological polar surface area (TPSA) is 62.7 Å². The van der Waals surface area contributed by atoms with E-state index in [9.17, 15) is 9.59 Å². The molecule has 0 aliphatic carbocycles. The van der Waals surface area contributed by atoms with Crippen molar-refractivity contribution in [3.8, 4) is 16.9 Å². The van der Waals surface area contributed by atoms with Crippen molar-refractivity contribution in [1.29, 1.82) is 0 Å². The van der Waals surface area contributed by atoms with Crippen molar-refractivity contribution < 1.29 is 14.3 Å². The number of aromatic nitrogens is 1. The van der Waals surface area contributed by atoms with Crippen molar-refractivity contribution in [2.75, 3.05) is 26.2 Å². The molecule has 6 nitrogen and oxygen atoms in total. The number of amides is 2. The minimum atomic E-state index is -0.585. The maximum absolute atomic E-state index is 13.7. The first-order valence-electron chi connectivity index (χ1n) is 11.4. The van der Waals surface area contributed by atoms with Crippen LogP contribution in [0.5, 0.6) is 5.75 Å². The van der Waals surface area contributed by atoms with Gasteiger partial charge in [0.1, 0.15) is 11.8 Å². The zero-order valence-electron chi connectivity index (χ0n) is 19.1. The maximum Gasteiger partial charge on any atom is 0.258 e. The van der Waals surface area contributed by atoms with E-state index in [2.05, 4.69) is 4.98 Å². The highest BCUT2D eigenvalue weighted by atomic mass is 16.5. The monoisotopic (exact) mass is 443 g/mol. The molecule has 0 saturated carbocycles. The summed E-state index contributed by atoms with van der Waals surface area (Å²) in [6.07, 6.45) is 4.00. The number of hydrogen-bond acceptors (Lipinski definition) is 4. The van der Waals surface area contributed by atoms with Crippen molar-refractivity contribution in [3.05, 3.63) is 84.2 Å². The molecule has 0 bridgehead atoms. The normalized spacial score (nSPS) is 16.1. The molecule has 3 aromatic rings. The van der Waals surface area contributed by atoms with Gasteiger partial charge in [-0.25, -0.2) is 0 Å². The molecule has 2 aromatic carbocycles. The molecular formula is C27H29N3O3. The van der Waals surface area contributed by atoms with E-state index in [4.69, 9.17) is 4.74 Å².